The summed E-state index contributed by atoms with van der Waals surface area (Å²) in [5.41, 5.74) is 2.59. The Balaban J connectivity index is 1.85. The van der Waals surface area contributed by atoms with Crippen LogP contribution >= 0.6 is 22.9 Å². The highest BCUT2D eigenvalue weighted by atomic mass is 35.5. The van der Waals surface area contributed by atoms with E-state index in [9.17, 15) is 0 Å². The molecule has 2 nitrogen and oxygen atoms in total. The molecule has 124 valence electrons. The zero-order valence-electron chi connectivity index (χ0n) is 13.5. The quantitative estimate of drug-likeness (QED) is 0.715. The molecule has 0 saturated carbocycles. The molecule has 1 unspecified atom stereocenters. The van der Waals surface area contributed by atoms with Crippen molar-refractivity contribution in [2.24, 2.45) is 0 Å². The average molecular weight is 357 g/mol. The Morgan fingerprint density at radius 2 is 1.79 bits per heavy atom. The first-order valence-electron chi connectivity index (χ1n) is 8.50. The van der Waals surface area contributed by atoms with Gasteiger partial charge in [-0.2, -0.15) is 0 Å². The molecule has 1 atom stereocenters. The molecule has 1 saturated heterocycles. The van der Waals surface area contributed by atoms with Crippen molar-refractivity contribution in [2.75, 3.05) is 26.2 Å². The zero-order valence-corrected chi connectivity index (χ0v) is 15.1. The highest BCUT2D eigenvalue weighted by Gasteiger charge is 2.27. The van der Waals surface area contributed by atoms with Gasteiger partial charge in [0.05, 0.1) is 6.04 Å². The summed E-state index contributed by atoms with van der Waals surface area (Å²) in [4.78, 5) is 2.58. The van der Waals surface area contributed by atoms with Crippen molar-refractivity contribution in [3.63, 3.8) is 0 Å². The topological polar surface area (TPSA) is 15.3 Å². The van der Waals surface area contributed by atoms with Crippen LogP contribution in [0.2, 0.25) is 5.02 Å². The molecular weight excluding hydrogens is 336 g/mol. The van der Waals surface area contributed by atoms with E-state index in [1.807, 2.05) is 23.5 Å². The molecule has 2 aromatic carbocycles. The molecule has 24 heavy (non-hydrogen) atoms. The minimum Gasteiger partial charge on any atom is -0.315 e. The van der Waals surface area contributed by atoms with Crippen LogP contribution in [0.3, 0.4) is 0 Å². The molecule has 4 rings (SSSR count). The largest absolute Gasteiger partial charge is 0.315 e. The molecule has 0 bridgehead atoms. The number of hydrogen-bond acceptors (Lipinski definition) is 3. The standard InChI is InChI=1S/C20H21ClN2S/c21-18-8-3-1-7-16(18)20(23-12-5-10-22-11-13-23)17-14-24-19-9-4-2-6-15(17)19/h1-4,6-9,14,20,22H,5,10-13H2. The molecule has 1 aliphatic heterocycles. The monoisotopic (exact) mass is 356 g/mol. The molecule has 1 N–H and O–H groups in total. The van der Waals surface area contributed by atoms with Crippen molar-refractivity contribution in [1.82, 2.24) is 10.2 Å². The van der Waals surface area contributed by atoms with Gasteiger partial charge in [0.15, 0.2) is 0 Å². The number of halogens is 1. The number of nitrogens with zero attached hydrogens (tertiary/aromatic N) is 1. The third-order valence-corrected chi connectivity index (χ3v) is 6.07. The first kappa shape index (κ1) is 16.1. The molecule has 0 aliphatic carbocycles. The summed E-state index contributed by atoms with van der Waals surface area (Å²) in [5, 5.41) is 8.03. The van der Waals surface area contributed by atoms with Gasteiger partial charge in [-0.15, -0.1) is 11.3 Å². The summed E-state index contributed by atoms with van der Waals surface area (Å²) < 4.78 is 1.34. The van der Waals surface area contributed by atoms with Gasteiger partial charge >= 0.3 is 0 Å². The minimum absolute atomic E-state index is 0.217. The van der Waals surface area contributed by atoms with E-state index in [0.29, 0.717) is 0 Å². The number of fused-ring (bicyclic) bond motifs is 1. The fourth-order valence-corrected chi connectivity index (χ4v) is 4.81. The second-order valence-electron chi connectivity index (χ2n) is 6.25. The summed E-state index contributed by atoms with van der Waals surface area (Å²) in [5.74, 6) is 0. The van der Waals surface area contributed by atoms with Crippen LogP contribution in [0.4, 0.5) is 0 Å². The average Bonchev–Trinajstić information content (AvgIpc) is 2.84. The Morgan fingerprint density at radius 1 is 0.958 bits per heavy atom. The van der Waals surface area contributed by atoms with Crippen molar-refractivity contribution in [1.29, 1.82) is 0 Å². The van der Waals surface area contributed by atoms with E-state index in [0.717, 1.165) is 31.2 Å². The summed E-state index contributed by atoms with van der Waals surface area (Å²) in [6.07, 6.45) is 1.17. The van der Waals surface area contributed by atoms with Gasteiger partial charge in [0.1, 0.15) is 0 Å². The van der Waals surface area contributed by atoms with E-state index in [-0.39, 0.29) is 6.04 Å². The van der Waals surface area contributed by atoms with Gasteiger partial charge in [-0.1, -0.05) is 48.0 Å². The SMILES string of the molecule is Clc1ccccc1C(c1csc2ccccc12)N1CCCNCC1. The van der Waals surface area contributed by atoms with Crippen LogP contribution in [-0.2, 0) is 0 Å². The van der Waals surface area contributed by atoms with Gasteiger partial charge in [-0.3, -0.25) is 4.90 Å². The minimum atomic E-state index is 0.217. The van der Waals surface area contributed by atoms with Crippen molar-refractivity contribution in [3.8, 4) is 0 Å². The molecule has 3 aromatic rings. The third-order valence-electron chi connectivity index (χ3n) is 4.75. The second-order valence-corrected chi connectivity index (χ2v) is 7.57. The van der Waals surface area contributed by atoms with E-state index in [2.05, 4.69) is 52.0 Å². The Kier molecular flexibility index (Phi) is 4.86. The van der Waals surface area contributed by atoms with Gasteiger partial charge in [0.2, 0.25) is 0 Å². The third kappa shape index (κ3) is 3.09. The summed E-state index contributed by atoms with van der Waals surface area (Å²) >= 11 is 8.43. The lowest BCUT2D eigenvalue weighted by molar-refractivity contribution is 0.242. The molecule has 1 fully saturated rings. The Labute approximate surface area is 152 Å². The van der Waals surface area contributed by atoms with Crippen LogP contribution in [0, 0.1) is 0 Å². The summed E-state index contributed by atoms with van der Waals surface area (Å²) in [7, 11) is 0. The zero-order chi connectivity index (χ0) is 16.4. The van der Waals surface area contributed by atoms with Crippen molar-refractivity contribution in [2.45, 2.75) is 12.5 Å². The number of thiophene rings is 1. The first-order valence-corrected chi connectivity index (χ1v) is 9.75. The lowest BCUT2D eigenvalue weighted by Gasteiger charge is -2.31. The Bertz CT molecular complexity index is 821. The first-order chi connectivity index (χ1) is 11.8. The van der Waals surface area contributed by atoms with Gasteiger partial charge in [0.25, 0.3) is 0 Å². The van der Waals surface area contributed by atoms with E-state index in [4.69, 9.17) is 11.6 Å². The number of rotatable bonds is 3. The number of benzene rings is 2. The molecular formula is C20H21ClN2S. The molecule has 0 radical (unpaired) electrons. The van der Waals surface area contributed by atoms with Crippen LogP contribution in [0.25, 0.3) is 10.1 Å². The highest BCUT2D eigenvalue weighted by Crippen LogP contribution is 2.39. The lowest BCUT2D eigenvalue weighted by Crippen LogP contribution is -2.33. The maximum atomic E-state index is 6.61. The van der Waals surface area contributed by atoms with Crippen LogP contribution in [0.15, 0.2) is 53.9 Å². The molecule has 1 aromatic heterocycles. The van der Waals surface area contributed by atoms with Gasteiger partial charge in [-0.25, -0.2) is 0 Å². The maximum Gasteiger partial charge on any atom is 0.0631 e. The van der Waals surface area contributed by atoms with Gasteiger partial charge in [0, 0.05) is 29.4 Å². The predicted octanol–water partition coefficient (Wildman–Crippen LogP) is 4.94. The van der Waals surface area contributed by atoms with E-state index >= 15 is 0 Å². The fraction of sp³-hybridized carbons (Fsp3) is 0.300. The molecule has 1 aliphatic rings. The molecule has 2 heterocycles. The summed E-state index contributed by atoms with van der Waals surface area (Å²) in [6.45, 7) is 4.26. The van der Waals surface area contributed by atoms with Crippen molar-refractivity contribution < 1.29 is 0 Å². The molecule has 4 heteroatoms. The summed E-state index contributed by atoms with van der Waals surface area (Å²) in [6, 6.07) is 17.2. The smallest absolute Gasteiger partial charge is 0.0631 e. The van der Waals surface area contributed by atoms with Crippen molar-refractivity contribution >= 4 is 33.0 Å². The predicted molar refractivity (Wildman–Crippen MR) is 104 cm³/mol. The normalized spacial score (nSPS) is 17.7. The highest BCUT2D eigenvalue weighted by molar-refractivity contribution is 7.17. The molecule has 0 spiro atoms. The van der Waals surface area contributed by atoms with Crippen molar-refractivity contribution in [3.05, 3.63) is 70.1 Å². The van der Waals surface area contributed by atoms with Gasteiger partial charge in [-0.05, 0) is 47.0 Å². The lowest BCUT2D eigenvalue weighted by atomic mass is 9.96. The van der Waals surface area contributed by atoms with Crippen LogP contribution in [0.1, 0.15) is 23.6 Å². The second kappa shape index (κ2) is 7.24. The van der Waals surface area contributed by atoms with Gasteiger partial charge < -0.3 is 5.32 Å². The number of nitrogens with one attached hydrogen (secondary N) is 1. The van der Waals surface area contributed by atoms with Crippen LogP contribution in [0.5, 0.6) is 0 Å². The Morgan fingerprint density at radius 3 is 2.71 bits per heavy atom. The van der Waals surface area contributed by atoms with E-state index in [1.54, 1.807) is 0 Å². The van der Waals surface area contributed by atoms with E-state index in [1.165, 1.54) is 27.6 Å². The number of hydrogen-bond donors (Lipinski definition) is 1. The fourth-order valence-electron chi connectivity index (χ4n) is 3.59. The van der Waals surface area contributed by atoms with Crippen LogP contribution in [-0.4, -0.2) is 31.1 Å². The Hall–Kier alpha value is -1.39. The maximum absolute atomic E-state index is 6.61. The molecule has 0 amide bonds. The van der Waals surface area contributed by atoms with Crippen LogP contribution < -0.4 is 5.32 Å². The van der Waals surface area contributed by atoms with E-state index < -0.39 is 0 Å².